The van der Waals surface area contributed by atoms with E-state index in [0.717, 1.165) is 37.4 Å². The summed E-state index contributed by atoms with van der Waals surface area (Å²) in [5.41, 5.74) is 1.29. The van der Waals surface area contributed by atoms with Crippen molar-refractivity contribution >= 4 is 39.8 Å². The number of alkyl halides is 3. The van der Waals surface area contributed by atoms with Crippen molar-refractivity contribution in [1.82, 2.24) is 10.3 Å². The minimum atomic E-state index is -4.54. The number of hydrogen-bond acceptors (Lipinski definition) is 4. The zero-order chi connectivity index (χ0) is 24.5. The predicted octanol–water partition coefficient (Wildman–Crippen LogP) is 6.13. The molecule has 0 spiro atoms. The Labute approximate surface area is 201 Å². The van der Waals surface area contributed by atoms with Crippen molar-refractivity contribution in [2.75, 3.05) is 24.3 Å². The average molecular weight is 491 g/mol. The molecule has 3 aromatic rings. The zero-order valence-electron chi connectivity index (χ0n) is 18.9. The van der Waals surface area contributed by atoms with Crippen molar-refractivity contribution in [2.24, 2.45) is 0 Å². The lowest BCUT2D eigenvalue weighted by atomic mass is 9.90. The molecule has 1 aliphatic carbocycles. The minimum Gasteiger partial charge on any atom is -0.382 e. The van der Waals surface area contributed by atoms with Crippen LogP contribution < -0.4 is 15.5 Å². The molecule has 180 valence electrons. The van der Waals surface area contributed by atoms with Crippen LogP contribution in [0.2, 0.25) is 5.02 Å². The Hall–Kier alpha value is -3.00. The number of nitrogens with one attached hydrogen (secondary N) is 2. The van der Waals surface area contributed by atoms with Crippen LogP contribution in [0.3, 0.4) is 0 Å². The van der Waals surface area contributed by atoms with Crippen LogP contribution in [-0.4, -0.2) is 37.1 Å². The number of rotatable bonds is 5. The van der Waals surface area contributed by atoms with E-state index in [1.165, 1.54) is 12.1 Å². The van der Waals surface area contributed by atoms with Gasteiger partial charge in [-0.2, -0.15) is 13.2 Å². The summed E-state index contributed by atoms with van der Waals surface area (Å²) in [7, 11) is 3.88. The Bertz CT molecular complexity index is 1170. The molecule has 34 heavy (non-hydrogen) atoms. The van der Waals surface area contributed by atoms with Gasteiger partial charge in [0.15, 0.2) is 0 Å². The van der Waals surface area contributed by atoms with Crippen LogP contribution in [-0.2, 0) is 6.18 Å². The smallest absolute Gasteiger partial charge is 0.382 e. The van der Waals surface area contributed by atoms with Crippen LogP contribution in [0.1, 0.15) is 41.7 Å². The van der Waals surface area contributed by atoms with Gasteiger partial charge in [0.25, 0.3) is 5.91 Å². The fourth-order valence-corrected chi connectivity index (χ4v) is 4.42. The van der Waals surface area contributed by atoms with E-state index in [9.17, 15) is 18.0 Å². The molecule has 4 rings (SSSR count). The number of carbonyl (C=O) groups is 1. The minimum absolute atomic E-state index is 0.0156. The second kappa shape index (κ2) is 9.70. The highest BCUT2D eigenvalue weighted by Gasteiger charge is 2.34. The first kappa shape index (κ1) is 24.1. The molecule has 1 fully saturated rings. The van der Waals surface area contributed by atoms with E-state index in [1.54, 1.807) is 18.2 Å². The molecule has 1 amide bonds. The van der Waals surface area contributed by atoms with E-state index in [-0.39, 0.29) is 23.5 Å². The Balaban J connectivity index is 1.41. The van der Waals surface area contributed by atoms with Crippen LogP contribution in [0.4, 0.5) is 24.5 Å². The lowest BCUT2D eigenvalue weighted by molar-refractivity contribution is -0.140. The quantitative estimate of drug-likeness (QED) is 0.452. The molecule has 9 heteroatoms. The van der Waals surface area contributed by atoms with Gasteiger partial charge in [0, 0.05) is 53.5 Å². The van der Waals surface area contributed by atoms with Gasteiger partial charge in [-0.15, -0.1) is 0 Å². The highest BCUT2D eigenvalue weighted by atomic mass is 35.5. The van der Waals surface area contributed by atoms with E-state index >= 15 is 0 Å². The third-order valence-electron chi connectivity index (χ3n) is 6.13. The number of anilines is 2. The van der Waals surface area contributed by atoms with E-state index in [1.807, 2.05) is 31.1 Å². The van der Waals surface area contributed by atoms with Crippen molar-refractivity contribution in [3.8, 4) is 0 Å². The van der Waals surface area contributed by atoms with Gasteiger partial charge in [-0.05, 0) is 74.2 Å². The first-order valence-corrected chi connectivity index (χ1v) is 11.5. The molecule has 1 heterocycles. The normalized spacial score (nSPS) is 18.5. The number of benzene rings is 2. The number of carbonyl (C=O) groups excluding carboxylic acids is 1. The van der Waals surface area contributed by atoms with Crippen molar-refractivity contribution in [1.29, 1.82) is 0 Å². The van der Waals surface area contributed by atoms with Gasteiger partial charge >= 0.3 is 6.18 Å². The van der Waals surface area contributed by atoms with Gasteiger partial charge in [-0.25, -0.2) is 4.98 Å². The monoisotopic (exact) mass is 490 g/mol. The summed E-state index contributed by atoms with van der Waals surface area (Å²) in [6.07, 6.45) is -1.65. The molecule has 1 saturated carbocycles. The summed E-state index contributed by atoms with van der Waals surface area (Å²) in [5, 5.41) is 7.33. The lowest BCUT2D eigenvalue weighted by Gasteiger charge is -2.31. The highest BCUT2D eigenvalue weighted by Crippen LogP contribution is 2.35. The van der Waals surface area contributed by atoms with Crippen molar-refractivity contribution in [3.05, 3.63) is 64.8 Å². The second-order valence-electron chi connectivity index (χ2n) is 8.82. The van der Waals surface area contributed by atoms with Gasteiger partial charge in [0.2, 0.25) is 0 Å². The number of pyridine rings is 1. The van der Waals surface area contributed by atoms with Crippen molar-refractivity contribution in [2.45, 2.75) is 43.9 Å². The summed E-state index contributed by atoms with van der Waals surface area (Å²) in [6, 6.07) is 13.1. The van der Waals surface area contributed by atoms with Gasteiger partial charge in [-0.3, -0.25) is 4.79 Å². The molecule has 2 N–H and O–H groups in total. The standard InChI is InChI=1S/C25H26ClF3N4O/c1-33(2)19-10-3-15(4-11-19)24(34)31-18-8-6-17(7-9-18)30-22-14-23(25(27,28)29)32-21-12-5-16(26)13-20(21)22/h3-5,10-14,17-18H,6-9H2,1-2H3,(H,30,32)(H,31,34)/t17-,18+. The van der Waals surface area contributed by atoms with Gasteiger partial charge in [-0.1, -0.05) is 11.6 Å². The third-order valence-corrected chi connectivity index (χ3v) is 6.36. The Kier molecular flexibility index (Phi) is 6.89. The first-order chi connectivity index (χ1) is 16.1. The van der Waals surface area contributed by atoms with Crippen LogP contribution >= 0.6 is 11.6 Å². The van der Waals surface area contributed by atoms with E-state index in [4.69, 9.17) is 11.6 Å². The summed E-state index contributed by atoms with van der Waals surface area (Å²) in [4.78, 5) is 18.3. The molecule has 0 saturated heterocycles. The Morgan fingerprint density at radius 1 is 1.00 bits per heavy atom. The fourth-order valence-electron chi connectivity index (χ4n) is 4.24. The van der Waals surface area contributed by atoms with Crippen molar-refractivity contribution in [3.63, 3.8) is 0 Å². The van der Waals surface area contributed by atoms with Crippen molar-refractivity contribution < 1.29 is 18.0 Å². The number of amides is 1. The molecular formula is C25H26ClF3N4O. The maximum atomic E-state index is 13.4. The second-order valence-corrected chi connectivity index (χ2v) is 9.26. The van der Waals surface area contributed by atoms with E-state index < -0.39 is 11.9 Å². The zero-order valence-corrected chi connectivity index (χ0v) is 19.7. The summed E-state index contributed by atoms with van der Waals surface area (Å²) < 4.78 is 40.1. The molecule has 0 bridgehead atoms. The first-order valence-electron chi connectivity index (χ1n) is 11.1. The lowest BCUT2D eigenvalue weighted by Crippen LogP contribution is -2.40. The van der Waals surface area contributed by atoms with Gasteiger partial charge in [0.1, 0.15) is 5.69 Å². The SMILES string of the molecule is CN(C)c1ccc(C(=O)N[C@H]2CC[C@@H](Nc3cc(C(F)(F)F)nc4ccc(Cl)cc34)CC2)cc1. The molecular weight excluding hydrogens is 465 g/mol. The molecule has 0 radical (unpaired) electrons. The molecule has 1 aliphatic rings. The average Bonchev–Trinajstić information content (AvgIpc) is 2.80. The van der Waals surface area contributed by atoms with Gasteiger partial charge in [0.05, 0.1) is 5.52 Å². The maximum Gasteiger partial charge on any atom is 0.433 e. The number of nitrogens with zero attached hydrogens (tertiary/aromatic N) is 2. The van der Waals surface area contributed by atoms with E-state index in [0.29, 0.717) is 21.7 Å². The fraction of sp³-hybridized carbons (Fsp3) is 0.360. The number of fused-ring (bicyclic) bond motifs is 1. The molecule has 0 aliphatic heterocycles. The predicted molar refractivity (Wildman–Crippen MR) is 130 cm³/mol. The molecule has 0 atom stereocenters. The number of hydrogen-bond donors (Lipinski definition) is 2. The molecule has 5 nitrogen and oxygen atoms in total. The molecule has 1 aromatic heterocycles. The van der Waals surface area contributed by atoms with Crippen LogP contribution in [0.25, 0.3) is 10.9 Å². The molecule has 0 unspecified atom stereocenters. The van der Waals surface area contributed by atoms with Crippen LogP contribution in [0.15, 0.2) is 48.5 Å². The topological polar surface area (TPSA) is 57.3 Å². The Morgan fingerprint density at radius 2 is 1.65 bits per heavy atom. The van der Waals surface area contributed by atoms with E-state index in [2.05, 4.69) is 15.6 Å². The number of halogens is 4. The summed E-state index contributed by atoms with van der Waals surface area (Å²) in [6.45, 7) is 0. The summed E-state index contributed by atoms with van der Waals surface area (Å²) in [5.74, 6) is -0.119. The summed E-state index contributed by atoms with van der Waals surface area (Å²) >= 11 is 6.08. The maximum absolute atomic E-state index is 13.4. The Morgan fingerprint density at radius 3 is 2.26 bits per heavy atom. The molecule has 2 aromatic carbocycles. The third kappa shape index (κ3) is 5.55. The number of aromatic nitrogens is 1. The largest absolute Gasteiger partial charge is 0.433 e. The van der Waals surface area contributed by atoms with Gasteiger partial charge < -0.3 is 15.5 Å². The highest BCUT2D eigenvalue weighted by molar-refractivity contribution is 6.31. The van der Waals surface area contributed by atoms with Crippen LogP contribution in [0, 0.1) is 0 Å². The van der Waals surface area contributed by atoms with Crippen LogP contribution in [0.5, 0.6) is 0 Å².